The molecule has 0 aromatic carbocycles. The monoisotopic (exact) mass is 162 g/mol. The van der Waals surface area contributed by atoms with E-state index >= 15 is 0 Å². The first kappa shape index (κ1) is 10.6. The number of aliphatic hydroxyl groups excluding tert-OH is 2. The van der Waals surface area contributed by atoms with Crippen molar-refractivity contribution >= 4 is 6.29 Å². The number of hydrogen-bond acceptors (Lipinski definition) is 4. The van der Waals surface area contributed by atoms with E-state index in [0.29, 0.717) is 12.9 Å². The highest BCUT2D eigenvalue weighted by Crippen LogP contribution is 2.02. The van der Waals surface area contributed by atoms with Gasteiger partial charge in [-0.2, -0.15) is 0 Å². The number of carbonyl (C=O) groups is 1. The highest BCUT2D eigenvalue weighted by atomic mass is 16.5. The molecule has 0 radical (unpaired) electrons. The second-order valence-corrected chi connectivity index (χ2v) is 2.15. The molecule has 11 heavy (non-hydrogen) atoms. The van der Waals surface area contributed by atoms with Gasteiger partial charge in [0.25, 0.3) is 0 Å². The lowest BCUT2D eigenvalue weighted by molar-refractivity contribution is -0.114. The van der Waals surface area contributed by atoms with Gasteiger partial charge in [-0.05, 0) is 6.92 Å². The van der Waals surface area contributed by atoms with E-state index in [-0.39, 0.29) is 13.0 Å². The summed E-state index contributed by atoms with van der Waals surface area (Å²) in [4.78, 5) is 10.0. The summed E-state index contributed by atoms with van der Waals surface area (Å²) in [6, 6.07) is 0. The number of carbonyl (C=O) groups excluding carboxylic acids is 1. The van der Waals surface area contributed by atoms with Gasteiger partial charge in [-0.1, -0.05) is 0 Å². The van der Waals surface area contributed by atoms with Crippen LogP contribution in [0.25, 0.3) is 0 Å². The van der Waals surface area contributed by atoms with E-state index in [4.69, 9.17) is 14.9 Å². The molecule has 0 saturated carbocycles. The largest absolute Gasteiger partial charge is 0.394 e. The fourth-order valence-electron chi connectivity index (χ4n) is 0.763. The Bertz CT molecular complexity index is 105. The molecule has 0 saturated heterocycles. The lowest BCUT2D eigenvalue weighted by Crippen LogP contribution is -2.32. The molecule has 0 spiro atoms. The van der Waals surface area contributed by atoms with Crippen molar-refractivity contribution in [1.29, 1.82) is 0 Å². The van der Waals surface area contributed by atoms with Gasteiger partial charge in [-0.25, -0.2) is 0 Å². The van der Waals surface area contributed by atoms with E-state index in [0.717, 1.165) is 0 Å². The standard InChI is InChI=1S/C7H14O4/c1-2-11-7(3-4-8)6(10)5-9/h4,6-7,9-10H,2-3,5H2,1H3/t6?,7-/m1/s1. The van der Waals surface area contributed by atoms with Crippen molar-refractivity contribution in [2.45, 2.75) is 25.6 Å². The number of rotatable bonds is 6. The normalized spacial score (nSPS) is 15.9. The summed E-state index contributed by atoms with van der Waals surface area (Å²) >= 11 is 0. The molecule has 66 valence electrons. The van der Waals surface area contributed by atoms with E-state index in [1.54, 1.807) is 6.92 Å². The van der Waals surface area contributed by atoms with Gasteiger partial charge in [0.05, 0.1) is 12.7 Å². The van der Waals surface area contributed by atoms with Crippen molar-refractivity contribution in [3.05, 3.63) is 0 Å². The average molecular weight is 162 g/mol. The smallest absolute Gasteiger partial charge is 0.122 e. The Kier molecular flexibility index (Phi) is 6.02. The lowest BCUT2D eigenvalue weighted by Gasteiger charge is -2.18. The van der Waals surface area contributed by atoms with Gasteiger partial charge >= 0.3 is 0 Å². The molecule has 4 heteroatoms. The molecule has 0 aromatic heterocycles. The van der Waals surface area contributed by atoms with Crippen LogP contribution in [0.4, 0.5) is 0 Å². The zero-order valence-electron chi connectivity index (χ0n) is 6.56. The molecule has 2 N–H and O–H groups in total. The van der Waals surface area contributed by atoms with Crippen LogP contribution in [0.15, 0.2) is 0 Å². The number of ether oxygens (including phenoxy) is 1. The zero-order valence-corrected chi connectivity index (χ0v) is 6.56. The predicted octanol–water partition coefficient (Wildman–Crippen LogP) is -0.666. The molecular formula is C7H14O4. The van der Waals surface area contributed by atoms with Crippen LogP contribution in [0.2, 0.25) is 0 Å². The van der Waals surface area contributed by atoms with Crippen molar-refractivity contribution < 1.29 is 19.7 Å². The molecule has 0 amide bonds. The Morgan fingerprint density at radius 1 is 1.64 bits per heavy atom. The maximum Gasteiger partial charge on any atom is 0.122 e. The maximum atomic E-state index is 10.0. The molecule has 0 aliphatic heterocycles. The first-order chi connectivity index (χ1) is 5.26. The predicted molar refractivity (Wildman–Crippen MR) is 39.2 cm³/mol. The highest BCUT2D eigenvalue weighted by Gasteiger charge is 2.17. The number of aliphatic hydroxyl groups is 2. The van der Waals surface area contributed by atoms with E-state index < -0.39 is 12.2 Å². The summed E-state index contributed by atoms with van der Waals surface area (Å²) in [7, 11) is 0. The van der Waals surface area contributed by atoms with Gasteiger partial charge in [0.15, 0.2) is 0 Å². The van der Waals surface area contributed by atoms with Crippen molar-refractivity contribution in [1.82, 2.24) is 0 Å². The summed E-state index contributed by atoms with van der Waals surface area (Å²) in [6.45, 7) is 1.82. The summed E-state index contributed by atoms with van der Waals surface area (Å²) in [5.41, 5.74) is 0. The van der Waals surface area contributed by atoms with Crippen molar-refractivity contribution in [2.75, 3.05) is 13.2 Å². The van der Waals surface area contributed by atoms with E-state index in [1.807, 2.05) is 0 Å². The van der Waals surface area contributed by atoms with Gasteiger partial charge in [-0.3, -0.25) is 0 Å². The molecule has 1 unspecified atom stereocenters. The van der Waals surface area contributed by atoms with Gasteiger partial charge < -0.3 is 19.7 Å². The van der Waals surface area contributed by atoms with E-state index in [9.17, 15) is 4.79 Å². The van der Waals surface area contributed by atoms with Crippen LogP contribution in [0.3, 0.4) is 0 Å². The summed E-state index contributed by atoms with van der Waals surface area (Å²) in [6.07, 6.45) is -0.739. The van der Waals surface area contributed by atoms with Crippen LogP contribution in [0.1, 0.15) is 13.3 Å². The number of aldehydes is 1. The maximum absolute atomic E-state index is 10.0. The molecule has 2 atom stereocenters. The van der Waals surface area contributed by atoms with E-state index in [1.165, 1.54) is 0 Å². The second-order valence-electron chi connectivity index (χ2n) is 2.15. The molecule has 0 rings (SSSR count). The SMILES string of the molecule is CCO[C@H](CC=O)C(O)CO. The van der Waals surface area contributed by atoms with Crippen LogP contribution in [-0.2, 0) is 9.53 Å². The fraction of sp³-hybridized carbons (Fsp3) is 0.857. The first-order valence-electron chi connectivity index (χ1n) is 3.60. The second kappa shape index (κ2) is 6.27. The van der Waals surface area contributed by atoms with Gasteiger partial charge in [0, 0.05) is 13.0 Å². The minimum atomic E-state index is -0.958. The molecule has 0 fully saturated rings. The number of hydrogen-bond donors (Lipinski definition) is 2. The third-order valence-corrected chi connectivity index (χ3v) is 1.33. The van der Waals surface area contributed by atoms with Gasteiger partial charge in [0.2, 0.25) is 0 Å². The molecule has 0 aliphatic carbocycles. The van der Waals surface area contributed by atoms with Crippen LogP contribution in [0.5, 0.6) is 0 Å². The van der Waals surface area contributed by atoms with Gasteiger partial charge in [0.1, 0.15) is 12.4 Å². The van der Waals surface area contributed by atoms with Crippen LogP contribution >= 0.6 is 0 Å². The quantitative estimate of drug-likeness (QED) is 0.508. The minimum Gasteiger partial charge on any atom is -0.394 e. The average Bonchev–Trinajstić information content (AvgIpc) is 2.03. The highest BCUT2D eigenvalue weighted by molar-refractivity contribution is 5.50. The third kappa shape index (κ3) is 4.08. The van der Waals surface area contributed by atoms with Crippen LogP contribution < -0.4 is 0 Å². The topological polar surface area (TPSA) is 66.8 Å². The molecule has 0 aliphatic rings. The third-order valence-electron chi connectivity index (χ3n) is 1.33. The molecular weight excluding hydrogens is 148 g/mol. The summed E-state index contributed by atoms with van der Waals surface area (Å²) < 4.78 is 4.99. The van der Waals surface area contributed by atoms with Crippen molar-refractivity contribution in [3.8, 4) is 0 Å². The van der Waals surface area contributed by atoms with Crippen LogP contribution in [0, 0.1) is 0 Å². The Morgan fingerprint density at radius 3 is 2.64 bits per heavy atom. The van der Waals surface area contributed by atoms with Crippen LogP contribution in [-0.4, -0.2) is 41.9 Å². The molecule has 0 heterocycles. The van der Waals surface area contributed by atoms with E-state index in [2.05, 4.69) is 0 Å². The Hall–Kier alpha value is -0.450. The minimum absolute atomic E-state index is 0.121. The summed E-state index contributed by atoms with van der Waals surface area (Å²) in [5, 5.41) is 17.6. The van der Waals surface area contributed by atoms with Gasteiger partial charge in [-0.15, -0.1) is 0 Å². The first-order valence-corrected chi connectivity index (χ1v) is 3.60. The molecule has 0 aromatic rings. The van der Waals surface area contributed by atoms with Crippen molar-refractivity contribution in [3.63, 3.8) is 0 Å². The fourth-order valence-corrected chi connectivity index (χ4v) is 0.763. The Balaban J connectivity index is 3.75. The zero-order chi connectivity index (χ0) is 8.69. The molecule has 4 nitrogen and oxygen atoms in total. The summed E-state index contributed by atoms with van der Waals surface area (Å²) in [5.74, 6) is 0. The van der Waals surface area contributed by atoms with Crippen molar-refractivity contribution in [2.24, 2.45) is 0 Å². The lowest BCUT2D eigenvalue weighted by atomic mass is 10.1. The Morgan fingerprint density at radius 2 is 2.27 bits per heavy atom. The Labute approximate surface area is 65.8 Å². The molecule has 0 bridgehead atoms.